The zero-order valence-corrected chi connectivity index (χ0v) is 13.7. The Balaban J connectivity index is 1.89. The molecule has 0 saturated carbocycles. The van der Waals surface area contributed by atoms with Gasteiger partial charge in [-0.1, -0.05) is 30.3 Å². The summed E-state index contributed by atoms with van der Waals surface area (Å²) in [7, 11) is 1.88. The van der Waals surface area contributed by atoms with Gasteiger partial charge in [-0.3, -0.25) is 9.59 Å². The molecular weight excluding hydrogens is 316 g/mol. The number of hydrogen-bond acceptors (Lipinski definition) is 3. The van der Waals surface area contributed by atoms with Crippen molar-refractivity contribution in [3.63, 3.8) is 0 Å². The van der Waals surface area contributed by atoms with E-state index in [2.05, 4.69) is 10.3 Å². The molecule has 1 aromatic heterocycles. The molecule has 0 saturated heterocycles. The van der Waals surface area contributed by atoms with Gasteiger partial charge in [-0.15, -0.1) is 0 Å². The molecule has 2 amide bonds. The van der Waals surface area contributed by atoms with Crippen molar-refractivity contribution in [1.29, 1.82) is 0 Å². The van der Waals surface area contributed by atoms with Crippen LogP contribution in [0.5, 0.6) is 0 Å². The predicted octanol–water partition coefficient (Wildman–Crippen LogP) is 2.04. The van der Waals surface area contributed by atoms with Crippen LogP contribution < -0.4 is 11.1 Å². The van der Waals surface area contributed by atoms with Crippen molar-refractivity contribution in [2.45, 2.75) is 6.04 Å². The van der Waals surface area contributed by atoms with Crippen molar-refractivity contribution in [3.8, 4) is 0 Å². The summed E-state index contributed by atoms with van der Waals surface area (Å²) in [6.07, 6.45) is 3.53. The zero-order chi connectivity index (χ0) is 17.8. The number of amides is 2. The topological polar surface area (TPSA) is 90.0 Å². The minimum atomic E-state index is -0.526. The summed E-state index contributed by atoms with van der Waals surface area (Å²) in [5.41, 5.74) is 6.96. The molecule has 0 aliphatic rings. The maximum atomic E-state index is 12.7. The highest BCUT2D eigenvalue weighted by Crippen LogP contribution is 2.21. The van der Waals surface area contributed by atoms with Crippen molar-refractivity contribution >= 4 is 11.8 Å². The number of aryl methyl sites for hydroxylation is 1. The monoisotopic (exact) mass is 334 g/mol. The Labute approximate surface area is 145 Å². The molecule has 2 aromatic carbocycles. The summed E-state index contributed by atoms with van der Waals surface area (Å²) >= 11 is 0. The smallest absolute Gasteiger partial charge is 0.252 e. The van der Waals surface area contributed by atoms with Gasteiger partial charge in [-0.2, -0.15) is 0 Å². The fourth-order valence-electron chi connectivity index (χ4n) is 2.60. The number of hydrogen-bond donors (Lipinski definition) is 2. The Morgan fingerprint density at radius 3 is 2.24 bits per heavy atom. The summed E-state index contributed by atoms with van der Waals surface area (Å²) in [6, 6.07) is 15.5. The molecule has 0 aliphatic heterocycles. The molecule has 3 N–H and O–H groups in total. The molecule has 126 valence electrons. The van der Waals surface area contributed by atoms with Crippen LogP contribution in [-0.4, -0.2) is 21.4 Å². The van der Waals surface area contributed by atoms with Crippen LogP contribution in [0.2, 0.25) is 0 Å². The number of nitrogens with one attached hydrogen (secondary N) is 1. The van der Waals surface area contributed by atoms with E-state index in [1.807, 2.05) is 48.1 Å². The Kier molecular flexibility index (Phi) is 4.61. The molecular formula is C19H18N4O2. The standard InChI is InChI=1S/C19H18N4O2/c1-23-12-11-21-18(23)16(13-5-3-2-4-6-13)22-19(25)15-9-7-14(8-10-15)17(20)24/h2-12,16H,1H3,(H2,20,24)(H,22,25). The fourth-order valence-corrected chi connectivity index (χ4v) is 2.60. The minimum absolute atomic E-state index is 0.257. The second-order valence-corrected chi connectivity index (χ2v) is 5.66. The maximum Gasteiger partial charge on any atom is 0.252 e. The molecule has 6 heteroatoms. The van der Waals surface area contributed by atoms with Gasteiger partial charge >= 0.3 is 0 Å². The molecule has 3 aromatic rings. The van der Waals surface area contributed by atoms with Gasteiger partial charge in [0.1, 0.15) is 11.9 Å². The van der Waals surface area contributed by atoms with Crippen molar-refractivity contribution < 1.29 is 9.59 Å². The Morgan fingerprint density at radius 1 is 1.04 bits per heavy atom. The van der Waals surface area contributed by atoms with E-state index in [0.29, 0.717) is 11.1 Å². The number of primary amides is 1. The molecule has 25 heavy (non-hydrogen) atoms. The number of nitrogens with two attached hydrogens (primary N) is 1. The van der Waals surface area contributed by atoms with Crippen molar-refractivity contribution in [3.05, 3.63) is 89.5 Å². The molecule has 0 fully saturated rings. The average Bonchev–Trinajstić information content (AvgIpc) is 3.06. The first-order valence-electron chi connectivity index (χ1n) is 7.79. The first-order valence-corrected chi connectivity index (χ1v) is 7.79. The lowest BCUT2D eigenvalue weighted by Gasteiger charge is -2.19. The van der Waals surface area contributed by atoms with E-state index < -0.39 is 5.91 Å². The largest absolute Gasteiger partial charge is 0.366 e. The third kappa shape index (κ3) is 3.58. The molecule has 0 radical (unpaired) electrons. The molecule has 0 spiro atoms. The summed E-state index contributed by atoms with van der Waals surface area (Å²) in [6.45, 7) is 0. The van der Waals surface area contributed by atoms with E-state index in [-0.39, 0.29) is 11.9 Å². The molecule has 1 unspecified atom stereocenters. The van der Waals surface area contributed by atoms with Crippen LogP contribution in [0.4, 0.5) is 0 Å². The number of carbonyl (C=O) groups excluding carboxylic acids is 2. The summed E-state index contributed by atoms with van der Waals surface area (Å²) in [5, 5.41) is 3.00. The number of rotatable bonds is 5. The van der Waals surface area contributed by atoms with Crippen molar-refractivity contribution in [2.24, 2.45) is 12.8 Å². The second kappa shape index (κ2) is 7.00. The van der Waals surface area contributed by atoms with Gasteiger partial charge in [0.15, 0.2) is 0 Å². The molecule has 0 aliphatic carbocycles. The molecule has 1 atom stereocenters. The fraction of sp³-hybridized carbons (Fsp3) is 0.105. The number of nitrogens with zero attached hydrogens (tertiary/aromatic N) is 2. The van der Waals surface area contributed by atoms with E-state index in [9.17, 15) is 9.59 Å². The zero-order valence-electron chi connectivity index (χ0n) is 13.7. The number of imidazole rings is 1. The summed E-state index contributed by atoms with van der Waals surface area (Å²) < 4.78 is 1.87. The highest BCUT2D eigenvalue weighted by Gasteiger charge is 2.21. The van der Waals surface area contributed by atoms with Gasteiger partial charge in [-0.25, -0.2) is 4.98 Å². The van der Waals surface area contributed by atoms with Gasteiger partial charge in [0, 0.05) is 30.6 Å². The van der Waals surface area contributed by atoms with Crippen LogP contribution in [0.15, 0.2) is 67.0 Å². The quantitative estimate of drug-likeness (QED) is 0.748. The Hall–Kier alpha value is -3.41. The lowest BCUT2D eigenvalue weighted by Crippen LogP contribution is -2.31. The first-order chi connectivity index (χ1) is 12.1. The van der Waals surface area contributed by atoms with E-state index in [1.165, 1.54) is 12.1 Å². The minimum Gasteiger partial charge on any atom is -0.366 e. The van der Waals surface area contributed by atoms with Crippen LogP contribution in [-0.2, 0) is 7.05 Å². The van der Waals surface area contributed by atoms with Gasteiger partial charge in [0.25, 0.3) is 5.91 Å². The summed E-state index contributed by atoms with van der Waals surface area (Å²) in [5.74, 6) is -0.0525. The third-order valence-corrected chi connectivity index (χ3v) is 3.96. The van der Waals surface area contributed by atoms with Gasteiger partial charge in [0.2, 0.25) is 5.91 Å². The Bertz CT molecular complexity index is 885. The van der Waals surface area contributed by atoms with Gasteiger partial charge in [-0.05, 0) is 29.8 Å². The normalized spacial score (nSPS) is 11.7. The van der Waals surface area contributed by atoms with E-state index in [4.69, 9.17) is 5.73 Å². The molecule has 1 heterocycles. The summed E-state index contributed by atoms with van der Waals surface area (Å²) in [4.78, 5) is 28.2. The Morgan fingerprint density at radius 2 is 1.68 bits per heavy atom. The van der Waals surface area contributed by atoms with Gasteiger partial charge in [0.05, 0.1) is 0 Å². The molecule has 3 rings (SSSR count). The number of benzene rings is 2. The third-order valence-electron chi connectivity index (χ3n) is 3.96. The van der Waals surface area contributed by atoms with Crippen molar-refractivity contribution in [2.75, 3.05) is 0 Å². The number of carbonyl (C=O) groups is 2. The van der Waals surface area contributed by atoms with Crippen molar-refractivity contribution in [1.82, 2.24) is 14.9 Å². The van der Waals surface area contributed by atoms with E-state index in [1.54, 1.807) is 18.3 Å². The molecule has 6 nitrogen and oxygen atoms in total. The van der Waals surface area contributed by atoms with E-state index in [0.717, 1.165) is 11.4 Å². The maximum absolute atomic E-state index is 12.7. The molecule has 0 bridgehead atoms. The first kappa shape index (κ1) is 16.4. The lowest BCUT2D eigenvalue weighted by atomic mass is 10.0. The lowest BCUT2D eigenvalue weighted by molar-refractivity contribution is 0.0939. The average molecular weight is 334 g/mol. The van der Waals surface area contributed by atoms with Crippen LogP contribution >= 0.6 is 0 Å². The van der Waals surface area contributed by atoms with Gasteiger partial charge < -0.3 is 15.6 Å². The highest BCUT2D eigenvalue weighted by atomic mass is 16.2. The van der Waals surface area contributed by atoms with E-state index >= 15 is 0 Å². The highest BCUT2D eigenvalue weighted by molar-refractivity contribution is 5.97. The van der Waals surface area contributed by atoms with Crippen LogP contribution in [0.1, 0.15) is 38.1 Å². The van der Waals surface area contributed by atoms with Crippen LogP contribution in [0.25, 0.3) is 0 Å². The predicted molar refractivity (Wildman–Crippen MR) is 93.9 cm³/mol. The number of aromatic nitrogens is 2. The SMILES string of the molecule is Cn1ccnc1C(NC(=O)c1ccc(C(N)=O)cc1)c1ccccc1. The van der Waals surface area contributed by atoms with Crippen LogP contribution in [0, 0.1) is 0 Å². The van der Waals surface area contributed by atoms with Crippen LogP contribution in [0.3, 0.4) is 0 Å². The second-order valence-electron chi connectivity index (χ2n) is 5.66.